The van der Waals surface area contributed by atoms with Gasteiger partial charge >= 0.3 is 0 Å². The molecule has 88 valence electrons. The van der Waals surface area contributed by atoms with Crippen molar-refractivity contribution in [1.82, 2.24) is 0 Å². The summed E-state index contributed by atoms with van der Waals surface area (Å²) in [6, 6.07) is 0. The number of allylic oxidation sites excluding steroid dienone is 4. The van der Waals surface area contributed by atoms with Crippen LogP contribution in [0.5, 0.6) is 0 Å². The lowest BCUT2D eigenvalue weighted by Crippen LogP contribution is -2.15. The third-order valence-corrected chi connectivity index (χ3v) is 2.49. The van der Waals surface area contributed by atoms with E-state index in [1.165, 1.54) is 11.1 Å². The molecule has 0 fully saturated rings. The van der Waals surface area contributed by atoms with Crippen molar-refractivity contribution >= 4 is 5.87 Å². The van der Waals surface area contributed by atoms with E-state index in [0.717, 1.165) is 6.42 Å². The Bertz CT molecular complexity index is 375. The summed E-state index contributed by atoms with van der Waals surface area (Å²) < 4.78 is 0. The maximum Gasteiger partial charge on any atom is 0.0403 e. The number of hydrogen-bond acceptors (Lipinski definition) is 1. The molecule has 1 nitrogen and oxygen atoms in total. The molecule has 16 heavy (non-hydrogen) atoms. The number of aliphatic imine (C=N–C) groups is 1. The summed E-state index contributed by atoms with van der Waals surface area (Å²) in [4.78, 5) is 4.18. The summed E-state index contributed by atoms with van der Waals surface area (Å²) in [7, 11) is 0. The van der Waals surface area contributed by atoms with Gasteiger partial charge in [-0.25, -0.2) is 4.99 Å². The third kappa shape index (κ3) is 3.83. The van der Waals surface area contributed by atoms with E-state index < -0.39 is 0 Å². The van der Waals surface area contributed by atoms with Crippen molar-refractivity contribution in [3.8, 4) is 0 Å². The first kappa shape index (κ1) is 13.0. The SMILES string of the molecule is CC(C)(C)CC1=CN=C=CC=C1C(C)(C)C. The highest BCUT2D eigenvalue weighted by Gasteiger charge is 2.24. The zero-order chi connectivity index (χ0) is 12.4. The highest BCUT2D eigenvalue weighted by Crippen LogP contribution is 2.37. The standard InChI is InChI=1S/C15H23N/c1-14(2,3)10-12-11-16-9-7-8-13(12)15(4,5)6/h7-8,11H,10H2,1-6H3. The van der Waals surface area contributed by atoms with Crippen LogP contribution in [0.2, 0.25) is 0 Å². The molecule has 0 saturated carbocycles. The van der Waals surface area contributed by atoms with Crippen molar-refractivity contribution < 1.29 is 0 Å². The van der Waals surface area contributed by atoms with E-state index in [0.29, 0.717) is 0 Å². The Labute approximate surface area is 99.7 Å². The number of rotatable bonds is 1. The molecular formula is C15H23N. The minimum absolute atomic E-state index is 0.162. The minimum atomic E-state index is 0.162. The fraction of sp³-hybridized carbons (Fsp3) is 0.600. The van der Waals surface area contributed by atoms with Gasteiger partial charge in [0.05, 0.1) is 0 Å². The van der Waals surface area contributed by atoms with E-state index in [9.17, 15) is 0 Å². The molecule has 0 aromatic rings. The van der Waals surface area contributed by atoms with Gasteiger partial charge in [0.2, 0.25) is 0 Å². The Morgan fingerprint density at radius 1 is 1.12 bits per heavy atom. The van der Waals surface area contributed by atoms with Crippen LogP contribution in [0.4, 0.5) is 0 Å². The molecule has 0 aromatic heterocycles. The van der Waals surface area contributed by atoms with Crippen LogP contribution in [0.25, 0.3) is 0 Å². The quantitative estimate of drug-likeness (QED) is 0.612. The van der Waals surface area contributed by atoms with Gasteiger partial charge in [0, 0.05) is 6.20 Å². The van der Waals surface area contributed by atoms with Gasteiger partial charge in [-0.2, -0.15) is 0 Å². The van der Waals surface area contributed by atoms with E-state index >= 15 is 0 Å². The fourth-order valence-corrected chi connectivity index (χ4v) is 1.90. The molecular weight excluding hydrogens is 194 g/mol. The van der Waals surface area contributed by atoms with Crippen molar-refractivity contribution in [3.05, 3.63) is 29.5 Å². The van der Waals surface area contributed by atoms with Gasteiger partial charge in [-0.1, -0.05) is 41.5 Å². The fourth-order valence-electron chi connectivity index (χ4n) is 1.90. The zero-order valence-electron chi connectivity index (χ0n) is 11.4. The molecule has 0 unspecified atom stereocenters. The van der Waals surface area contributed by atoms with Crippen LogP contribution in [0.1, 0.15) is 48.0 Å². The van der Waals surface area contributed by atoms with Crippen molar-refractivity contribution in [1.29, 1.82) is 0 Å². The lowest BCUT2D eigenvalue weighted by Gasteiger charge is -2.28. The number of nitrogens with zero attached hydrogens (tertiary/aromatic N) is 1. The van der Waals surface area contributed by atoms with Crippen molar-refractivity contribution in [2.75, 3.05) is 0 Å². The van der Waals surface area contributed by atoms with E-state index in [-0.39, 0.29) is 10.8 Å². The molecule has 1 aliphatic heterocycles. The molecule has 0 aromatic carbocycles. The Morgan fingerprint density at radius 2 is 1.75 bits per heavy atom. The summed E-state index contributed by atoms with van der Waals surface area (Å²) >= 11 is 0. The van der Waals surface area contributed by atoms with Gasteiger partial charge in [-0.3, -0.25) is 0 Å². The molecule has 1 aliphatic rings. The number of hydrogen-bond donors (Lipinski definition) is 0. The Kier molecular flexibility index (Phi) is 3.60. The highest BCUT2D eigenvalue weighted by atomic mass is 14.7. The van der Waals surface area contributed by atoms with E-state index in [2.05, 4.69) is 58.5 Å². The monoisotopic (exact) mass is 217 g/mol. The normalized spacial score (nSPS) is 16.9. The summed E-state index contributed by atoms with van der Waals surface area (Å²) in [6.45, 7) is 13.5. The second-order valence-electron chi connectivity index (χ2n) is 6.65. The summed E-state index contributed by atoms with van der Waals surface area (Å²) in [5, 5.41) is 0. The molecule has 1 heterocycles. The second kappa shape index (κ2) is 4.43. The van der Waals surface area contributed by atoms with Crippen LogP contribution in [0.15, 0.2) is 34.5 Å². The zero-order valence-corrected chi connectivity index (χ0v) is 11.4. The van der Waals surface area contributed by atoms with Crippen LogP contribution in [-0.2, 0) is 0 Å². The maximum absolute atomic E-state index is 4.18. The van der Waals surface area contributed by atoms with Crippen molar-refractivity contribution in [2.45, 2.75) is 48.0 Å². The average molecular weight is 217 g/mol. The van der Waals surface area contributed by atoms with Gasteiger partial charge in [0.1, 0.15) is 0 Å². The minimum Gasteiger partial charge on any atom is -0.214 e. The molecule has 1 rings (SSSR count). The Balaban J connectivity index is 3.06. The molecule has 0 amide bonds. The van der Waals surface area contributed by atoms with Crippen LogP contribution in [-0.4, -0.2) is 5.87 Å². The van der Waals surface area contributed by atoms with Crippen LogP contribution in [0, 0.1) is 10.8 Å². The molecule has 0 spiro atoms. The lowest BCUT2D eigenvalue weighted by molar-refractivity contribution is 0.400. The Hall–Kier alpha value is -1.07. The molecule has 0 saturated heterocycles. The molecule has 0 bridgehead atoms. The summed E-state index contributed by atoms with van der Waals surface area (Å²) in [5.74, 6) is 2.91. The molecule has 0 radical (unpaired) electrons. The summed E-state index contributed by atoms with van der Waals surface area (Å²) in [6.07, 6.45) is 7.07. The van der Waals surface area contributed by atoms with Gasteiger partial charge in [0.25, 0.3) is 0 Å². The lowest BCUT2D eigenvalue weighted by atomic mass is 9.76. The Morgan fingerprint density at radius 3 is 2.25 bits per heavy atom. The highest BCUT2D eigenvalue weighted by molar-refractivity contribution is 5.59. The maximum atomic E-state index is 4.18. The van der Waals surface area contributed by atoms with Crippen LogP contribution < -0.4 is 0 Å². The second-order valence-corrected chi connectivity index (χ2v) is 6.65. The van der Waals surface area contributed by atoms with E-state index in [4.69, 9.17) is 0 Å². The average Bonchev–Trinajstić information content (AvgIpc) is 2.25. The van der Waals surface area contributed by atoms with Gasteiger partial charge in [0.15, 0.2) is 0 Å². The van der Waals surface area contributed by atoms with E-state index in [1.54, 1.807) is 0 Å². The van der Waals surface area contributed by atoms with Crippen molar-refractivity contribution in [3.63, 3.8) is 0 Å². The van der Waals surface area contributed by atoms with Gasteiger partial charge in [-0.05, 0) is 46.4 Å². The molecule has 0 aliphatic carbocycles. The largest absolute Gasteiger partial charge is 0.214 e. The van der Waals surface area contributed by atoms with Gasteiger partial charge < -0.3 is 0 Å². The first-order valence-electron chi connectivity index (χ1n) is 5.89. The molecule has 1 heteroatoms. The van der Waals surface area contributed by atoms with E-state index in [1.807, 2.05) is 12.3 Å². The smallest absolute Gasteiger partial charge is 0.0403 e. The first-order chi connectivity index (χ1) is 7.20. The van der Waals surface area contributed by atoms with Gasteiger partial charge in [-0.15, -0.1) is 0 Å². The predicted molar refractivity (Wildman–Crippen MR) is 71.7 cm³/mol. The topological polar surface area (TPSA) is 12.4 Å². The van der Waals surface area contributed by atoms with Crippen LogP contribution in [0.3, 0.4) is 0 Å². The molecule has 0 atom stereocenters. The van der Waals surface area contributed by atoms with Crippen molar-refractivity contribution in [2.24, 2.45) is 15.8 Å². The predicted octanol–water partition coefficient (Wildman–Crippen LogP) is 4.52. The van der Waals surface area contributed by atoms with Crippen LogP contribution >= 0.6 is 0 Å². The first-order valence-corrected chi connectivity index (χ1v) is 5.89. The molecule has 0 N–H and O–H groups in total. The third-order valence-electron chi connectivity index (χ3n) is 2.49. The summed E-state index contributed by atoms with van der Waals surface area (Å²) in [5.41, 5.74) is 3.16.